The maximum Gasteiger partial charge on any atom is 0.256 e. The van der Waals surface area contributed by atoms with Crippen molar-refractivity contribution in [3.05, 3.63) is 76.5 Å². The fraction of sp³-hybridized carbons (Fsp3) is 0.227. The van der Waals surface area contributed by atoms with Crippen molar-refractivity contribution in [2.45, 2.75) is 12.8 Å². The van der Waals surface area contributed by atoms with Crippen LogP contribution in [-0.4, -0.2) is 39.6 Å². The van der Waals surface area contributed by atoms with E-state index in [1.165, 1.54) is 4.90 Å². The van der Waals surface area contributed by atoms with Crippen LogP contribution in [0.3, 0.4) is 0 Å². The minimum absolute atomic E-state index is 0.140. The average molecular weight is 489 g/mol. The first-order valence-electron chi connectivity index (χ1n) is 9.77. The van der Waals surface area contributed by atoms with Crippen molar-refractivity contribution in [2.75, 3.05) is 18.4 Å². The lowest BCUT2D eigenvalue weighted by Crippen LogP contribution is -2.41. The molecule has 160 valence electrons. The first kappa shape index (κ1) is 21.2. The van der Waals surface area contributed by atoms with Gasteiger partial charge in [0, 0.05) is 31.3 Å². The Hall–Kier alpha value is -3.07. The molecule has 0 saturated carbocycles. The molecule has 1 fully saturated rings. The van der Waals surface area contributed by atoms with E-state index < -0.39 is 17.5 Å². The van der Waals surface area contributed by atoms with E-state index in [0.717, 1.165) is 22.3 Å². The molecule has 1 aromatic heterocycles. The van der Waals surface area contributed by atoms with Crippen molar-refractivity contribution in [1.29, 1.82) is 0 Å². The van der Waals surface area contributed by atoms with E-state index in [9.17, 15) is 18.4 Å². The first-order chi connectivity index (χ1) is 14.9. The highest BCUT2D eigenvalue weighted by Crippen LogP contribution is 2.25. The smallest absolute Gasteiger partial charge is 0.256 e. The van der Waals surface area contributed by atoms with Crippen LogP contribution in [-0.2, 0) is 4.79 Å². The number of halogens is 3. The van der Waals surface area contributed by atoms with Crippen molar-refractivity contribution in [1.82, 2.24) is 14.7 Å². The number of aromatic nitrogens is 2. The molecule has 1 aliphatic heterocycles. The van der Waals surface area contributed by atoms with Crippen molar-refractivity contribution >= 4 is 33.4 Å². The number of hydrogen-bond acceptors (Lipinski definition) is 3. The molecule has 2 heterocycles. The van der Waals surface area contributed by atoms with Crippen LogP contribution >= 0.6 is 15.9 Å². The van der Waals surface area contributed by atoms with Gasteiger partial charge in [-0.15, -0.1) is 0 Å². The predicted octanol–water partition coefficient (Wildman–Crippen LogP) is 4.40. The zero-order valence-electron chi connectivity index (χ0n) is 16.4. The number of rotatable bonds is 4. The van der Waals surface area contributed by atoms with E-state index in [1.807, 2.05) is 18.2 Å². The van der Waals surface area contributed by atoms with Gasteiger partial charge in [0.15, 0.2) is 0 Å². The summed E-state index contributed by atoms with van der Waals surface area (Å²) in [4.78, 5) is 26.9. The van der Waals surface area contributed by atoms with Gasteiger partial charge in [0.2, 0.25) is 5.91 Å². The molecule has 0 aliphatic carbocycles. The monoisotopic (exact) mass is 488 g/mol. The van der Waals surface area contributed by atoms with Gasteiger partial charge in [-0.2, -0.15) is 5.10 Å². The van der Waals surface area contributed by atoms with Gasteiger partial charge in [0.05, 0.1) is 27.6 Å². The molecule has 2 aromatic carbocycles. The number of amides is 2. The van der Waals surface area contributed by atoms with Crippen LogP contribution in [0.15, 0.2) is 59.3 Å². The van der Waals surface area contributed by atoms with Crippen LogP contribution in [0.25, 0.3) is 5.69 Å². The molecule has 0 atom stereocenters. The molecular weight excluding hydrogens is 470 g/mol. The van der Waals surface area contributed by atoms with Gasteiger partial charge in [0.1, 0.15) is 11.6 Å². The Balaban J connectivity index is 1.40. The maximum absolute atomic E-state index is 13.9. The molecule has 1 aliphatic rings. The third-order valence-corrected chi connectivity index (χ3v) is 5.68. The molecule has 4 rings (SSSR count). The van der Waals surface area contributed by atoms with Crippen LogP contribution in [0.1, 0.15) is 23.2 Å². The number of carbonyl (C=O) groups excluding carboxylic acids is 2. The van der Waals surface area contributed by atoms with E-state index in [1.54, 1.807) is 23.1 Å². The number of benzene rings is 2. The zero-order chi connectivity index (χ0) is 22.0. The third-order valence-electron chi connectivity index (χ3n) is 5.27. The molecule has 1 N–H and O–H groups in total. The second-order valence-corrected chi connectivity index (χ2v) is 8.22. The van der Waals surface area contributed by atoms with Gasteiger partial charge in [-0.05, 0) is 53.0 Å². The Morgan fingerprint density at radius 2 is 1.84 bits per heavy atom. The Labute approximate surface area is 186 Å². The largest absolute Gasteiger partial charge is 0.339 e. The second-order valence-electron chi connectivity index (χ2n) is 7.30. The fourth-order valence-electron chi connectivity index (χ4n) is 3.62. The normalized spacial score (nSPS) is 14.5. The van der Waals surface area contributed by atoms with E-state index in [4.69, 9.17) is 0 Å². The summed E-state index contributed by atoms with van der Waals surface area (Å²) in [5, 5.41) is 7.22. The third kappa shape index (κ3) is 4.66. The maximum atomic E-state index is 13.9. The van der Waals surface area contributed by atoms with Crippen molar-refractivity contribution in [3.8, 4) is 5.69 Å². The summed E-state index contributed by atoms with van der Waals surface area (Å²) >= 11 is 3.36. The summed E-state index contributed by atoms with van der Waals surface area (Å²) in [6, 6.07) is 10.3. The Kier molecular flexibility index (Phi) is 6.13. The number of nitrogens with one attached hydrogen (secondary N) is 1. The van der Waals surface area contributed by atoms with Gasteiger partial charge in [-0.25, -0.2) is 13.5 Å². The fourth-order valence-corrected chi connectivity index (χ4v) is 3.91. The van der Waals surface area contributed by atoms with Crippen LogP contribution in [0, 0.1) is 17.6 Å². The molecular formula is C22H19BrF2N4O2. The number of para-hydroxylation sites is 2. The number of nitrogens with zero attached hydrogens (tertiary/aromatic N) is 3. The van der Waals surface area contributed by atoms with Crippen LogP contribution in [0.4, 0.5) is 14.5 Å². The predicted molar refractivity (Wildman–Crippen MR) is 115 cm³/mol. The molecule has 2 amide bonds. The highest BCUT2D eigenvalue weighted by Gasteiger charge is 2.29. The topological polar surface area (TPSA) is 67.2 Å². The Morgan fingerprint density at radius 1 is 1.10 bits per heavy atom. The highest BCUT2D eigenvalue weighted by molar-refractivity contribution is 9.10. The van der Waals surface area contributed by atoms with Gasteiger partial charge in [-0.1, -0.05) is 12.1 Å². The first-order valence-corrected chi connectivity index (χ1v) is 10.6. The van der Waals surface area contributed by atoms with Crippen LogP contribution in [0.5, 0.6) is 0 Å². The highest BCUT2D eigenvalue weighted by atomic mass is 79.9. The molecule has 3 aromatic rings. The van der Waals surface area contributed by atoms with Crippen molar-refractivity contribution < 1.29 is 18.4 Å². The number of anilines is 1. The van der Waals surface area contributed by atoms with Crippen LogP contribution in [0.2, 0.25) is 0 Å². The van der Waals surface area contributed by atoms with Gasteiger partial charge in [0.25, 0.3) is 5.91 Å². The lowest BCUT2D eigenvalue weighted by molar-refractivity contribution is -0.121. The minimum atomic E-state index is -0.883. The summed E-state index contributed by atoms with van der Waals surface area (Å²) in [6.45, 7) is 0.642. The summed E-state index contributed by atoms with van der Waals surface area (Å²) in [6.07, 6.45) is 4.37. The Bertz CT molecular complexity index is 1130. The quantitative estimate of drug-likeness (QED) is 0.591. The molecule has 0 bridgehead atoms. The molecule has 1 saturated heterocycles. The van der Waals surface area contributed by atoms with E-state index in [0.29, 0.717) is 37.7 Å². The zero-order valence-corrected chi connectivity index (χ0v) is 18.0. The average Bonchev–Trinajstić information content (AvgIpc) is 3.20. The molecule has 0 spiro atoms. The van der Waals surface area contributed by atoms with E-state index >= 15 is 0 Å². The SMILES string of the molecule is O=C(Nc1ccccc1-n1cc(Br)cn1)C1CCN(C(=O)c2ccc(F)cc2F)CC1. The second kappa shape index (κ2) is 8.97. The molecule has 31 heavy (non-hydrogen) atoms. The summed E-state index contributed by atoms with van der Waals surface area (Å²) < 4.78 is 29.5. The number of hydrogen-bond donors (Lipinski definition) is 1. The van der Waals surface area contributed by atoms with Crippen molar-refractivity contribution in [2.24, 2.45) is 5.92 Å². The van der Waals surface area contributed by atoms with Crippen LogP contribution < -0.4 is 5.32 Å². The number of likely N-dealkylation sites (tertiary alicyclic amines) is 1. The molecule has 6 nitrogen and oxygen atoms in total. The number of carbonyl (C=O) groups is 2. The lowest BCUT2D eigenvalue weighted by atomic mass is 9.95. The summed E-state index contributed by atoms with van der Waals surface area (Å²) in [7, 11) is 0. The van der Waals surface area contributed by atoms with Gasteiger partial charge >= 0.3 is 0 Å². The minimum Gasteiger partial charge on any atom is -0.339 e. The van der Waals surface area contributed by atoms with E-state index in [-0.39, 0.29) is 17.4 Å². The summed E-state index contributed by atoms with van der Waals surface area (Å²) in [5.41, 5.74) is 1.21. The lowest BCUT2D eigenvalue weighted by Gasteiger charge is -2.31. The standard InChI is InChI=1S/C22H19BrF2N4O2/c23-15-12-26-29(13-15)20-4-2-1-3-19(20)27-21(30)14-7-9-28(10-8-14)22(31)17-6-5-16(24)11-18(17)25/h1-6,11-14H,7-10H2,(H,27,30). The Morgan fingerprint density at radius 3 is 2.52 bits per heavy atom. The molecule has 0 unspecified atom stereocenters. The van der Waals surface area contributed by atoms with Crippen molar-refractivity contribution in [3.63, 3.8) is 0 Å². The summed E-state index contributed by atoms with van der Waals surface area (Å²) in [5.74, 6) is -2.52. The van der Waals surface area contributed by atoms with Gasteiger partial charge < -0.3 is 10.2 Å². The molecule has 9 heteroatoms. The van der Waals surface area contributed by atoms with Gasteiger partial charge in [-0.3, -0.25) is 9.59 Å². The number of piperidine rings is 1. The molecule has 0 radical (unpaired) electrons. The van der Waals surface area contributed by atoms with E-state index in [2.05, 4.69) is 26.3 Å².